The molecule has 5 nitrogen and oxygen atoms in total. The van der Waals surface area contributed by atoms with Crippen LogP contribution in [0.25, 0.3) is 17.4 Å². The van der Waals surface area contributed by atoms with Crippen molar-refractivity contribution in [2.75, 3.05) is 0 Å². The van der Waals surface area contributed by atoms with Crippen molar-refractivity contribution in [1.29, 1.82) is 0 Å². The highest BCUT2D eigenvalue weighted by molar-refractivity contribution is 8.18. The van der Waals surface area contributed by atoms with E-state index in [1.54, 1.807) is 24.3 Å². The average molecular weight is 351 g/mol. The van der Waals surface area contributed by atoms with Crippen LogP contribution in [0.15, 0.2) is 74.6 Å². The minimum absolute atomic E-state index is 0.127. The maximum Gasteiger partial charge on any atom is 0.293 e. The topological polar surface area (TPSA) is 63.7 Å². The van der Waals surface area contributed by atoms with Gasteiger partial charge in [-0.15, -0.1) is 0 Å². The molecular weight excluding hydrogens is 338 g/mol. The number of carbonyl (C=O) groups excluding carboxylic acids is 2. The Morgan fingerprint density at radius 3 is 2.60 bits per heavy atom. The summed E-state index contributed by atoms with van der Waals surface area (Å²) in [5, 5.41) is -0.317. The summed E-state index contributed by atoms with van der Waals surface area (Å²) in [5.74, 6) is 1.46. The number of nitrogens with zero attached hydrogens (tertiary/aromatic N) is 1. The molecule has 2 aromatic heterocycles. The average Bonchev–Trinajstić information content (AvgIpc) is 3.35. The Morgan fingerprint density at radius 2 is 1.84 bits per heavy atom. The Kier molecular flexibility index (Phi) is 4.03. The summed E-state index contributed by atoms with van der Waals surface area (Å²) in [6, 6.07) is 16.7. The molecule has 0 radical (unpaired) electrons. The van der Waals surface area contributed by atoms with Gasteiger partial charge in [0, 0.05) is 11.6 Å². The lowest BCUT2D eigenvalue weighted by molar-refractivity contribution is -0.123. The highest BCUT2D eigenvalue weighted by atomic mass is 32.2. The second-order valence-electron chi connectivity index (χ2n) is 5.42. The lowest BCUT2D eigenvalue weighted by Gasteiger charge is -2.09. The van der Waals surface area contributed by atoms with Crippen molar-refractivity contribution in [3.8, 4) is 11.3 Å². The second-order valence-corrected chi connectivity index (χ2v) is 6.41. The van der Waals surface area contributed by atoms with Crippen molar-refractivity contribution in [3.63, 3.8) is 0 Å². The number of benzene rings is 1. The number of thioether (sulfide) groups is 1. The molecule has 1 aromatic carbocycles. The van der Waals surface area contributed by atoms with Gasteiger partial charge >= 0.3 is 0 Å². The van der Waals surface area contributed by atoms with Crippen molar-refractivity contribution in [3.05, 3.63) is 77.3 Å². The van der Waals surface area contributed by atoms with Gasteiger partial charge in [-0.3, -0.25) is 14.5 Å². The van der Waals surface area contributed by atoms with Crippen LogP contribution < -0.4 is 0 Å². The van der Waals surface area contributed by atoms with E-state index in [-0.39, 0.29) is 17.7 Å². The van der Waals surface area contributed by atoms with E-state index in [0.29, 0.717) is 22.2 Å². The molecule has 3 aromatic rings. The molecule has 1 fully saturated rings. The molecule has 0 aliphatic carbocycles. The number of hydrogen-bond acceptors (Lipinski definition) is 5. The summed E-state index contributed by atoms with van der Waals surface area (Å²) in [6.07, 6.45) is 3.11. The quantitative estimate of drug-likeness (QED) is 0.633. The maximum absolute atomic E-state index is 12.5. The molecule has 3 heterocycles. The Labute approximate surface area is 147 Å². The molecule has 0 N–H and O–H groups in total. The number of amides is 2. The number of furan rings is 2. The van der Waals surface area contributed by atoms with Gasteiger partial charge < -0.3 is 8.83 Å². The summed E-state index contributed by atoms with van der Waals surface area (Å²) in [6.45, 7) is 0.127. The first-order chi connectivity index (χ1) is 12.2. The van der Waals surface area contributed by atoms with E-state index >= 15 is 0 Å². The van der Waals surface area contributed by atoms with Crippen molar-refractivity contribution < 1.29 is 18.4 Å². The number of imide groups is 1. The Hall–Kier alpha value is -2.99. The third-order valence-corrected chi connectivity index (χ3v) is 4.63. The molecule has 25 heavy (non-hydrogen) atoms. The zero-order valence-corrected chi connectivity index (χ0v) is 13.9. The number of carbonyl (C=O) groups is 2. The van der Waals surface area contributed by atoms with Gasteiger partial charge in [0.15, 0.2) is 0 Å². The monoisotopic (exact) mass is 351 g/mol. The SMILES string of the molecule is O=C1SC(=Cc2ccc(-c3ccccc3)o2)C(=O)N1Cc1ccco1. The summed E-state index contributed by atoms with van der Waals surface area (Å²) < 4.78 is 11.0. The zero-order chi connectivity index (χ0) is 17.2. The Morgan fingerprint density at radius 1 is 1.00 bits per heavy atom. The van der Waals surface area contributed by atoms with Gasteiger partial charge in [0.1, 0.15) is 17.3 Å². The van der Waals surface area contributed by atoms with Crippen LogP contribution >= 0.6 is 11.8 Å². The molecule has 2 amide bonds. The third kappa shape index (κ3) is 3.16. The molecular formula is C19H13NO4S. The van der Waals surface area contributed by atoms with Crippen LogP contribution in [0.3, 0.4) is 0 Å². The Bertz CT molecular complexity index is 941. The van der Waals surface area contributed by atoms with Gasteiger partial charge in [0.2, 0.25) is 0 Å². The standard InChI is InChI=1S/C19H13NO4S/c21-18-17(25-19(22)20(18)12-15-7-4-10-23-15)11-14-8-9-16(24-14)13-5-2-1-3-6-13/h1-11H,12H2. The summed E-state index contributed by atoms with van der Waals surface area (Å²) in [7, 11) is 0. The van der Waals surface area contributed by atoms with E-state index < -0.39 is 0 Å². The molecule has 0 saturated carbocycles. The van der Waals surface area contributed by atoms with Gasteiger partial charge in [-0.05, 0) is 36.0 Å². The van der Waals surface area contributed by atoms with Crippen molar-refractivity contribution >= 4 is 29.0 Å². The van der Waals surface area contributed by atoms with Gasteiger partial charge in [0.25, 0.3) is 11.1 Å². The molecule has 0 unspecified atom stereocenters. The van der Waals surface area contributed by atoms with Crippen LogP contribution in [0.2, 0.25) is 0 Å². The number of hydrogen-bond donors (Lipinski definition) is 0. The molecule has 1 saturated heterocycles. The number of rotatable bonds is 4. The minimum atomic E-state index is -0.343. The Balaban J connectivity index is 1.55. The van der Waals surface area contributed by atoms with E-state index in [1.807, 2.05) is 36.4 Å². The molecule has 4 rings (SSSR count). The van der Waals surface area contributed by atoms with Crippen molar-refractivity contribution in [1.82, 2.24) is 4.90 Å². The second kappa shape index (κ2) is 6.49. The van der Waals surface area contributed by atoms with Crippen LogP contribution in [0.1, 0.15) is 11.5 Å². The van der Waals surface area contributed by atoms with Crippen LogP contribution in [0.4, 0.5) is 4.79 Å². The van der Waals surface area contributed by atoms with E-state index in [1.165, 1.54) is 6.26 Å². The van der Waals surface area contributed by atoms with Crippen LogP contribution in [-0.4, -0.2) is 16.0 Å². The van der Waals surface area contributed by atoms with Gasteiger partial charge in [0.05, 0.1) is 17.7 Å². The fraction of sp³-hybridized carbons (Fsp3) is 0.0526. The lowest BCUT2D eigenvalue weighted by atomic mass is 10.2. The largest absolute Gasteiger partial charge is 0.467 e. The molecule has 0 atom stereocenters. The predicted molar refractivity (Wildman–Crippen MR) is 94.4 cm³/mol. The predicted octanol–water partition coefficient (Wildman–Crippen LogP) is 4.78. The molecule has 6 heteroatoms. The first-order valence-electron chi connectivity index (χ1n) is 7.64. The van der Waals surface area contributed by atoms with Crippen molar-refractivity contribution in [2.24, 2.45) is 0 Å². The fourth-order valence-corrected chi connectivity index (χ4v) is 3.33. The van der Waals surface area contributed by atoms with Crippen LogP contribution in [-0.2, 0) is 11.3 Å². The summed E-state index contributed by atoms with van der Waals surface area (Å²) >= 11 is 0.900. The molecule has 0 spiro atoms. The molecule has 0 bridgehead atoms. The van der Waals surface area contributed by atoms with Crippen molar-refractivity contribution in [2.45, 2.75) is 6.54 Å². The molecule has 1 aliphatic heterocycles. The first kappa shape index (κ1) is 15.5. The first-order valence-corrected chi connectivity index (χ1v) is 8.45. The van der Waals surface area contributed by atoms with E-state index in [9.17, 15) is 9.59 Å². The normalized spacial score (nSPS) is 16.2. The highest BCUT2D eigenvalue weighted by Gasteiger charge is 2.35. The maximum atomic E-state index is 12.5. The third-order valence-electron chi connectivity index (χ3n) is 3.73. The summed E-state index contributed by atoms with van der Waals surface area (Å²) in [5.41, 5.74) is 0.952. The zero-order valence-electron chi connectivity index (χ0n) is 13.0. The van der Waals surface area contributed by atoms with E-state index in [4.69, 9.17) is 8.83 Å². The van der Waals surface area contributed by atoms with Gasteiger partial charge in [-0.1, -0.05) is 30.3 Å². The van der Waals surface area contributed by atoms with Crippen LogP contribution in [0, 0.1) is 0 Å². The molecule has 124 valence electrons. The fourth-order valence-electron chi connectivity index (χ4n) is 2.51. The van der Waals surface area contributed by atoms with Gasteiger partial charge in [-0.2, -0.15) is 0 Å². The molecule has 1 aliphatic rings. The van der Waals surface area contributed by atoms with Crippen LogP contribution in [0.5, 0.6) is 0 Å². The van der Waals surface area contributed by atoms with Gasteiger partial charge in [-0.25, -0.2) is 0 Å². The lowest BCUT2D eigenvalue weighted by Crippen LogP contribution is -2.27. The van der Waals surface area contributed by atoms with E-state index in [0.717, 1.165) is 22.2 Å². The highest BCUT2D eigenvalue weighted by Crippen LogP contribution is 2.34. The van der Waals surface area contributed by atoms with E-state index in [2.05, 4.69) is 0 Å². The summed E-state index contributed by atoms with van der Waals surface area (Å²) in [4.78, 5) is 26.1. The smallest absolute Gasteiger partial charge is 0.293 e. The minimum Gasteiger partial charge on any atom is -0.467 e.